The molecule has 4 aromatic rings. The van der Waals surface area contributed by atoms with Gasteiger partial charge in [-0.05, 0) is 63.3 Å². The van der Waals surface area contributed by atoms with Crippen LogP contribution in [0, 0.1) is 0 Å². The van der Waals surface area contributed by atoms with Crippen LogP contribution in [0.3, 0.4) is 0 Å². The van der Waals surface area contributed by atoms with E-state index < -0.39 is 5.97 Å². The first kappa shape index (κ1) is 37.2. The fourth-order valence-corrected chi connectivity index (χ4v) is 5.23. The molecule has 3 aromatic heterocycles. The van der Waals surface area contributed by atoms with Gasteiger partial charge in [0.05, 0.1) is 18.9 Å². The fraction of sp³-hybridized carbons (Fsp3) is 0.389. The number of aryl methyl sites for hydroxylation is 1. The quantitative estimate of drug-likeness (QED) is 0.144. The van der Waals surface area contributed by atoms with E-state index >= 15 is 0 Å². The monoisotopic (exact) mass is 657 g/mol. The van der Waals surface area contributed by atoms with Gasteiger partial charge in [-0.3, -0.25) is 15.0 Å². The van der Waals surface area contributed by atoms with Gasteiger partial charge in [0.1, 0.15) is 22.9 Å². The number of rotatable bonds is 7. The predicted molar refractivity (Wildman–Crippen MR) is 187 cm³/mol. The largest absolute Gasteiger partial charge is 0.461 e. The molecule has 0 amide bonds. The number of aromatic amines is 2. The van der Waals surface area contributed by atoms with Crippen LogP contribution in [0.5, 0.6) is 0 Å². The predicted octanol–water partition coefficient (Wildman–Crippen LogP) is 6.70. The van der Waals surface area contributed by atoms with Gasteiger partial charge in [0.25, 0.3) is 0 Å². The van der Waals surface area contributed by atoms with Gasteiger partial charge < -0.3 is 19.7 Å². The Morgan fingerprint density at radius 3 is 2.00 bits per heavy atom. The van der Waals surface area contributed by atoms with Crippen molar-refractivity contribution in [3.05, 3.63) is 88.1 Å². The molecule has 0 saturated carbocycles. The minimum Gasteiger partial charge on any atom is -0.461 e. The molecule has 3 heterocycles. The highest BCUT2D eigenvalue weighted by Gasteiger charge is 2.30. The van der Waals surface area contributed by atoms with Crippen LogP contribution in [0.15, 0.2) is 54.4 Å². The summed E-state index contributed by atoms with van der Waals surface area (Å²) >= 11 is 0. The number of aromatic nitrogens is 5. The minimum atomic E-state index is -0.455. The molecular weight excluding hydrogens is 610 g/mol. The Hall–Kier alpha value is -5.26. The van der Waals surface area contributed by atoms with Gasteiger partial charge in [0.2, 0.25) is 5.78 Å². The highest BCUT2D eigenvalue weighted by atomic mass is 16.5. The second kappa shape index (κ2) is 18.2. The van der Waals surface area contributed by atoms with Crippen molar-refractivity contribution in [2.24, 2.45) is 0 Å². The molecule has 0 saturated heterocycles. The summed E-state index contributed by atoms with van der Waals surface area (Å²) in [6, 6.07) is 11.9. The van der Waals surface area contributed by atoms with Crippen LogP contribution in [0.4, 0.5) is 11.5 Å². The molecule has 2 aliphatic rings. The number of fused-ring (bicyclic) bond motifs is 4. The van der Waals surface area contributed by atoms with Gasteiger partial charge in [-0.1, -0.05) is 45.9 Å². The molecule has 1 aromatic carbocycles. The number of H-pyrrole nitrogens is 2. The third-order valence-electron chi connectivity index (χ3n) is 7.19. The van der Waals surface area contributed by atoms with Crippen molar-refractivity contribution in [1.82, 2.24) is 30.3 Å². The molecule has 12 nitrogen and oxygen atoms in total. The average molecular weight is 658 g/mol. The van der Waals surface area contributed by atoms with E-state index in [-0.39, 0.29) is 11.8 Å². The van der Waals surface area contributed by atoms with Crippen LogP contribution in [-0.4, -0.2) is 75.3 Å². The van der Waals surface area contributed by atoms with Crippen molar-refractivity contribution in [3.63, 3.8) is 0 Å². The topological polar surface area (TPSA) is 155 Å². The molecular formula is C36H47N7O5. The van der Waals surface area contributed by atoms with Gasteiger partial charge >= 0.3 is 11.9 Å². The number of carbonyl (C=O) groups is 3. The van der Waals surface area contributed by atoms with E-state index in [4.69, 9.17) is 9.47 Å². The Kier molecular flexibility index (Phi) is 14.1. The lowest BCUT2D eigenvalue weighted by atomic mass is 9.90. The minimum absolute atomic E-state index is 0.123. The number of ether oxygens (including phenoxy) is 2. The third kappa shape index (κ3) is 8.75. The zero-order chi connectivity index (χ0) is 35.2. The number of ketones is 1. The van der Waals surface area contributed by atoms with Gasteiger partial charge in [-0.25, -0.2) is 14.6 Å². The first-order valence-electron chi connectivity index (χ1n) is 16.5. The number of pyridine rings is 1. The van der Waals surface area contributed by atoms with Gasteiger partial charge in [0.15, 0.2) is 0 Å². The summed E-state index contributed by atoms with van der Waals surface area (Å²) in [6.07, 6.45) is 6.47. The number of para-hydroxylation sites is 1. The van der Waals surface area contributed by atoms with E-state index in [0.29, 0.717) is 54.3 Å². The molecule has 0 atom stereocenters. The summed E-state index contributed by atoms with van der Waals surface area (Å²) < 4.78 is 10.0. The fourth-order valence-electron chi connectivity index (χ4n) is 5.23. The maximum atomic E-state index is 12.2. The van der Waals surface area contributed by atoms with Crippen LogP contribution in [0.1, 0.15) is 96.1 Å². The van der Waals surface area contributed by atoms with Gasteiger partial charge in [-0.15, -0.1) is 0 Å². The van der Waals surface area contributed by atoms with E-state index in [1.54, 1.807) is 20.0 Å². The van der Waals surface area contributed by atoms with Gasteiger partial charge in [-0.2, -0.15) is 10.2 Å². The second-order valence-electron chi connectivity index (χ2n) is 10.5. The maximum absolute atomic E-state index is 12.2. The number of nitrogens with one attached hydrogen (secondary N) is 3. The molecule has 0 bridgehead atoms. The lowest BCUT2D eigenvalue weighted by molar-refractivity contribution is 0.0508. The number of benzene rings is 1. The summed E-state index contributed by atoms with van der Waals surface area (Å²) in [6.45, 7) is 12.2. The molecule has 0 unspecified atom stereocenters. The van der Waals surface area contributed by atoms with Crippen molar-refractivity contribution < 1.29 is 23.9 Å². The first-order valence-corrected chi connectivity index (χ1v) is 16.5. The van der Waals surface area contributed by atoms with Gasteiger partial charge in [0, 0.05) is 54.4 Å². The number of carbonyl (C=O) groups excluding carboxylic acids is 3. The Balaban J connectivity index is 0.000000244. The Labute approximate surface area is 282 Å². The molecule has 48 heavy (non-hydrogen) atoms. The number of allylic oxidation sites excluding steroid dienone is 1. The number of esters is 2. The number of hydrogen-bond donors (Lipinski definition) is 3. The van der Waals surface area contributed by atoms with Crippen LogP contribution in [-0.2, 0) is 28.7 Å². The number of nitrogens with zero attached hydrogens (tertiary/aromatic N) is 4. The number of hydrogen-bond acceptors (Lipinski definition) is 10. The second-order valence-corrected chi connectivity index (χ2v) is 10.5. The van der Waals surface area contributed by atoms with Crippen molar-refractivity contribution in [3.8, 4) is 11.3 Å². The molecule has 0 spiro atoms. The molecule has 0 fully saturated rings. The van der Waals surface area contributed by atoms with Crippen molar-refractivity contribution in [2.45, 2.75) is 67.2 Å². The zero-order valence-electron chi connectivity index (χ0n) is 29.2. The first-order chi connectivity index (χ1) is 23.3. The standard InChI is InChI=1S/C19H18N4O2.C13H17N3O3.2C2H6/c1-2-25-19(24)18-14-9-8-12-11-20-16(10-15(12)17(14)22-23-18)21-13-6-4-3-5-7-13;1-4-19-13(18)11-9-6-5-8(7-16(2)3)12(17)10(9)14-15-11;2*1-2/h3-7,10-11H,2,8-9H2,1H3,(H,20,21)(H,22,23);7H,4-6H2,1-3H3,(H,14,15);2*1-2H3/b;8-7-;;. The molecule has 6 rings (SSSR count). The Morgan fingerprint density at radius 2 is 1.42 bits per heavy atom. The van der Waals surface area contributed by atoms with Crippen LogP contribution in [0.2, 0.25) is 0 Å². The summed E-state index contributed by atoms with van der Waals surface area (Å²) in [4.78, 5) is 42.3. The molecule has 256 valence electrons. The molecule has 12 heteroatoms. The number of anilines is 2. The highest BCUT2D eigenvalue weighted by Crippen LogP contribution is 2.35. The van der Waals surface area contributed by atoms with Crippen molar-refractivity contribution in [1.29, 1.82) is 0 Å². The molecule has 0 radical (unpaired) electrons. The summed E-state index contributed by atoms with van der Waals surface area (Å²) in [7, 11) is 3.73. The Morgan fingerprint density at radius 1 is 0.854 bits per heavy atom. The molecule has 3 N–H and O–H groups in total. The van der Waals surface area contributed by atoms with Crippen LogP contribution in [0.25, 0.3) is 11.3 Å². The SMILES string of the molecule is CC.CC.CCOC(=O)c1[nH]nc2c1CC/C(=C/N(C)C)C2=O.CCOC(=O)c1[nH]nc2c1CCc1cnc(Nc3ccccc3)cc1-2. The lowest BCUT2D eigenvalue weighted by Gasteiger charge is -2.17. The van der Waals surface area contributed by atoms with E-state index in [1.807, 2.05) is 89.3 Å². The molecule has 0 aliphatic heterocycles. The Bertz CT molecular complexity index is 1710. The normalized spacial score (nSPS) is 13.1. The summed E-state index contributed by atoms with van der Waals surface area (Å²) in [5.41, 5.74) is 7.30. The van der Waals surface area contributed by atoms with E-state index in [1.165, 1.54) is 0 Å². The van der Waals surface area contributed by atoms with E-state index in [0.717, 1.165) is 46.7 Å². The zero-order valence-corrected chi connectivity index (χ0v) is 29.2. The smallest absolute Gasteiger partial charge is 0.356 e. The summed E-state index contributed by atoms with van der Waals surface area (Å²) in [5, 5.41) is 17.1. The average Bonchev–Trinajstić information content (AvgIpc) is 3.75. The molecule has 2 aliphatic carbocycles. The van der Waals surface area contributed by atoms with E-state index in [2.05, 4.69) is 30.7 Å². The summed E-state index contributed by atoms with van der Waals surface area (Å²) in [5.74, 6) is -0.180. The lowest BCUT2D eigenvalue weighted by Crippen LogP contribution is -2.18. The third-order valence-corrected chi connectivity index (χ3v) is 7.19. The van der Waals surface area contributed by atoms with Crippen molar-refractivity contribution in [2.75, 3.05) is 32.6 Å². The van der Waals surface area contributed by atoms with Crippen LogP contribution < -0.4 is 5.32 Å². The van der Waals surface area contributed by atoms with E-state index in [9.17, 15) is 14.4 Å². The number of Topliss-reactive ketones (excluding diaryl/α,β-unsaturated/α-hetero) is 1. The highest BCUT2D eigenvalue weighted by molar-refractivity contribution is 6.10. The van der Waals surface area contributed by atoms with Crippen LogP contribution >= 0.6 is 0 Å². The maximum Gasteiger partial charge on any atom is 0.356 e. The van der Waals surface area contributed by atoms with Crippen molar-refractivity contribution >= 4 is 29.2 Å².